The molecule has 0 unspecified atom stereocenters. The maximum absolute atomic E-state index is 6.35. The van der Waals surface area contributed by atoms with Crippen LogP contribution in [0, 0.1) is 5.41 Å². The molecule has 0 aliphatic carbocycles. The van der Waals surface area contributed by atoms with Crippen molar-refractivity contribution in [3.8, 4) is 0 Å². The van der Waals surface area contributed by atoms with Crippen LogP contribution in [0.2, 0.25) is 5.02 Å². The van der Waals surface area contributed by atoms with Crippen LogP contribution in [0.1, 0.15) is 30.9 Å². The Kier molecular flexibility index (Phi) is 6.46. The molecule has 3 rings (SSSR count). The molecule has 3 nitrogen and oxygen atoms in total. The molecule has 0 bridgehead atoms. The van der Waals surface area contributed by atoms with E-state index in [2.05, 4.69) is 35.0 Å². The number of ether oxygens (including phenoxy) is 1. The van der Waals surface area contributed by atoms with Crippen molar-refractivity contribution in [1.82, 2.24) is 9.88 Å². The maximum atomic E-state index is 6.35. The lowest BCUT2D eigenvalue weighted by atomic mass is 9.82. The van der Waals surface area contributed by atoms with Crippen molar-refractivity contribution in [2.45, 2.75) is 32.7 Å². The summed E-state index contributed by atoms with van der Waals surface area (Å²) in [5, 5.41) is 0.874. The van der Waals surface area contributed by atoms with Crippen LogP contribution in [0.3, 0.4) is 0 Å². The number of pyridine rings is 1. The van der Waals surface area contributed by atoms with Gasteiger partial charge in [-0.15, -0.1) is 0 Å². The van der Waals surface area contributed by atoms with E-state index in [9.17, 15) is 0 Å². The van der Waals surface area contributed by atoms with E-state index in [0.717, 1.165) is 50.7 Å². The fraction of sp³-hybridized carbons (Fsp3) is 0.476. The Morgan fingerprint density at radius 2 is 2.12 bits per heavy atom. The second kappa shape index (κ2) is 8.79. The molecule has 1 atom stereocenters. The summed E-state index contributed by atoms with van der Waals surface area (Å²) < 4.78 is 5.87. The third kappa shape index (κ3) is 5.04. The third-order valence-electron chi connectivity index (χ3n) is 5.14. The molecule has 1 fully saturated rings. The highest BCUT2D eigenvalue weighted by molar-refractivity contribution is 6.31. The standard InChI is InChI=1S/C21H27ClN2O/c1-2-25-17-21(10-9-19-7-3-4-8-20(19)22)11-13-24(16-21)15-18-6-5-12-23-14-18/h3-8,12,14H,2,9-11,13,15-17H2,1H3/t21-/m0/s1. The molecule has 4 heteroatoms. The molecule has 0 radical (unpaired) electrons. The van der Waals surface area contributed by atoms with E-state index in [1.807, 2.05) is 30.6 Å². The summed E-state index contributed by atoms with van der Waals surface area (Å²) in [6.07, 6.45) is 7.09. The third-order valence-corrected chi connectivity index (χ3v) is 5.51. The molecule has 25 heavy (non-hydrogen) atoms. The summed E-state index contributed by atoms with van der Waals surface area (Å²) in [5.74, 6) is 0. The molecule has 1 aromatic carbocycles. The highest BCUT2D eigenvalue weighted by atomic mass is 35.5. The van der Waals surface area contributed by atoms with Gasteiger partial charge in [-0.2, -0.15) is 0 Å². The molecular weight excluding hydrogens is 332 g/mol. The van der Waals surface area contributed by atoms with Gasteiger partial charge in [0.2, 0.25) is 0 Å². The minimum absolute atomic E-state index is 0.220. The van der Waals surface area contributed by atoms with E-state index in [4.69, 9.17) is 16.3 Å². The van der Waals surface area contributed by atoms with Crippen molar-refractivity contribution < 1.29 is 4.74 Å². The van der Waals surface area contributed by atoms with E-state index < -0.39 is 0 Å². The zero-order valence-electron chi connectivity index (χ0n) is 15.0. The van der Waals surface area contributed by atoms with Crippen molar-refractivity contribution in [3.05, 3.63) is 64.9 Å². The van der Waals surface area contributed by atoms with Crippen LogP contribution in [0.15, 0.2) is 48.8 Å². The van der Waals surface area contributed by atoms with Gasteiger partial charge in [-0.3, -0.25) is 9.88 Å². The predicted octanol–water partition coefficient (Wildman–Crippen LogP) is 4.60. The van der Waals surface area contributed by atoms with E-state index in [1.54, 1.807) is 0 Å². The first kappa shape index (κ1) is 18.4. The maximum Gasteiger partial charge on any atom is 0.0535 e. The zero-order valence-corrected chi connectivity index (χ0v) is 15.7. The SMILES string of the molecule is CCOC[C@@]1(CCc2ccccc2Cl)CCN(Cc2cccnc2)C1. The number of benzene rings is 1. The lowest BCUT2D eigenvalue weighted by molar-refractivity contribution is 0.0489. The van der Waals surface area contributed by atoms with Crippen LogP contribution < -0.4 is 0 Å². The number of nitrogens with zero attached hydrogens (tertiary/aromatic N) is 2. The van der Waals surface area contributed by atoms with Gasteiger partial charge in [0.15, 0.2) is 0 Å². The van der Waals surface area contributed by atoms with Crippen LogP contribution >= 0.6 is 11.6 Å². The number of rotatable bonds is 8. The Bertz CT molecular complexity index is 664. The van der Waals surface area contributed by atoms with Crippen molar-refractivity contribution in [3.63, 3.8) is 0 Å². The van der Waals surface area contributed by atoms with Crippen LogP contribution in [-0.4, -0.2) is 36.2 Å². The Morgan fingerprint density at radius 3 is 2.88 bits per heavy atom. The quantitative estimate of drug-likeness (QED) is 0.689. The highest BCUT2D eigenvalue weighted by Gasteiger charge is 2.38. The first-order valence-corrected chi connectivity index (χ1v) is 9.51. The summed E-state index contributed by atoms with van der Waals surface area (Å²) in [5.41, 5.74) is 2.74. The lowest BCUT2D eigenvalue weighted by Gasteiger charge is -2.29. The molecule has 1 aromatic heterocycles. The fourth-order valence-corrected chi connectivity index (χ4v) is 3.96. The minimum Gasteiger partial charge on any atom is -0.381 e. The van der Waals surface area contributed by atoms with Crippen LogP contribution in [0.4, 0.5) is 0 Å². The van der Waals surface area contributed by atoms with Crippen molar-refractivity contribution in [2.24, 2.45) is 5.41 Å². The predicted molar refractivity (Wildman–Crippen MR) is 103 cm³/mol. The van der Waals surface area contributed by atoms with Gasteiger partial charge in [0, 0.05) is 42.5 Å². The summed E-state index contributed by atoms with van der Waals surface area (Å²) in [6, 6.07) is 12.3. The Labute approximate surface area is 156 Å². The lowest BCUT2D eigenvalue weighted by Crippen LogP contribution is -2.32. The van der Waals surface area contributed by atoms with Crippen LogP contribution in [0.5, 0.6) is 0 Å². The zero-order chi connectivity index (χ0) is 17.5. The normalized spacial score (nSPS) is 20.9. The average Bonchev–Trinajstić information content (AvgIpc) is 3.03. The van der Waals surface area contributed by atoms with Crippen molar-refractivity contribution in [1.29, 1.82) is 0 Å². The molecule has 2 aromatic rings. The van der Waals surface area contributed by atoms with Gasteiger partial charge < -0.3 is 4.74 Å². The van der Waals surface area contributed by atoms with E-state index in [0.29, 0.717) is 0 Å². The summed E-state index contributed by atoms with van der Waals surface area (Å²) in [6.45, 7) is 6.84. The first-order valence-electron chi connectivity index (χ1n) is 9.13. The Hall–Kier alpha value is -1.42. The summed E-state index contributed by atoms with van der Waals surface area (Å²) in [7, 11) is 0. The van der Waals surface area contributed by atoms with Crippen molar-refractivity contribution in [2.75, 3.05) is 26.3 Å². The number of likely N-dealkylation sites (tertiary alicyclic amines) is 1. The number of hydrogen-bond donors (Lipinski definition) is 0. The number of halogens is 1. The number of aromatic nitrogens is 1. The average molecular weight is 359 g/mol. The minimum atomic E-state index is 0.220. The van der Waals surface area contributed by atoms with E-state index >= 15 is 0 Å². The summed E-state index contributed by atoms with van der Waals surface area (Å²) >= 11 is 6.35. The molecule has 0 spiro atoms. The van der Waals surface area contributed by atoms with Crippen LogP contribution in [-0.2, 0) is 17.7 Å². The van der Waals surface area contributed by atoms with Crippen LogP contribution in [0.25, 0.3) is 0 Å². The largest absolute Gasteiger partial charge is 0.381 e. The molecule has 1 aliphatic rings. The van der Waals surface area contributed by atoms with Gasteiger partial charge >= 0.3 is 0 Å². The van der Waals surface area contributed by atoms with E-state index in [-0.39, 0.29) is 5.41 Å². The van der Waals surface area contributed by atoms with Gasteiger partial charge in [0.25, 0.3) is 0 Å². The number of aryl methyl sites for hydroxylation is 1. The second-order valence-electron chi connectivity index (χ2n) is 7.05. The van der Waals surface area contributed by atoms with Gasteiger partial charge in [0.1, 0.15) is 0 Å². The van der Waals surface area contributed by atoms with Gasteiger partial charge in [-0.05, 0) is 56.0 Å². The molecule has 1 aliphatic heterocycles. The van der Waals surface area contributed by atoms with E-state index in [1.165, 1.54) is 17.5 Å². The fourth-order valence-electron chi connectivity index (χ4n) is 3.73. The Balaban J connectivity index is 1.64. The highest BCUT2D eigenvalue weighted by Crippen LogP contribution is 2.37. The monoisotopic (exact) mass is 358 g/mol. The molecular formula is C21H27ClN2O. The topological polar surface area (TPSA) is 25.4 Å². The first-order chi connectivity index (χ1) is 12.2. The molecule has 0 amide bonds. The van der Waals surface area contributed by atoms with Gasteiger partial charge in [-0.1, -0.05) is 35.9 Å². The molecule has 1 saturated heterocycles. The Morgan fingerprint density at radius 1 is 1.24 bits per heavy atom. The molecule has 2 heterocycles. The summed E-state index contributed by atoms with van der Waals surface area (Å²) in [4.78, 5) is 6.76. The second-order valence-corrected chi connectivity index (χ2v) is 7.46. The smallest absolute Gasteiger partial charge is 0.0535 e. The van der Waals surface area contributed by atoms with Gasteiger partial charge in [-0.25, -0.2) is 0 Å². The number of hydrogen-bond acceptors (Lipinski definition) is 3. The molecule has 0 saturated carbocycles. The molecule has 0 N–H and O–H groups in total. The van der Waals surface area contributed by atoms with Crippen molar-refractivity contribution >= 4 is 11.6 Å². The van der Waals surface area contributed by atoms with Gasteiger partial charge in [0.05, 0.1) is 6.61 Å². The molecule has 134 valence electrons.